The number of nitrogens with zero attached hydrogens (tertiary/aromatic N) is 3. The van der Waals surface area contributed by atoms with E-state index in [0.717, 1.165) is 5.69 Å². The summed E-state index contributed by atoms with van der Waals surface area (Å²) in [5.74, 6) is -0.902. The van der Waals surface area contributed by atoms with E-state index in [4.69, 9.17) is 4.74 Å². The zero-order chi connectivity index (χ0) is 20.3. The number of amides is 2. The molecule has 1 fully saturated rings. The smallest absolute Gasteiger partial charge is 0.330 e. The Bertz CT molecular complexity index is 849. The fourth-order valence-corrected chi connectivity index (χ4v) is 3.85. The van der Waals surface area contributed by atoms with E-state index in [0.29, 0.717) is 17.0 Å². The number of carbonyl (C=O) groups is 3. The van der Waals surface area contributed by atoms with Crippen molar-refractivity contribution >= 4 is 34.8 Å². The third kappa shape index (κ3) is 4.01. The van der Waals surface area contributed by atoms with Crippen molar-refractivity contribution in [2.24, 2.45) is 0 Å². The van der Waals surface area contributed by atoms with Crippen LogP contribution < -0.4 is 4.90 Å². The molecule has 0 saturated carbocycles. The fourth-order valence-electron chi connectivity index (χ4n) is 3.17. The topological polar surface area (TPSA) is 70.2 Å². The quantitative estimate of drug-likeness (QED) is 0.733. The minimum absolute atomic E-state index is 0.109. The largest absolute Gasteiger partial charge is 0.467 e. The summed E-state index contributed by atoms with van der Waals surface area (Å²) in [7, 11) is 5.15. The monoisotopic (exact) mass is 401 g/mol. The zero-order valence-corrected chi connectivity index (χ0v) is 16.9. The molecule has 1 aromatic carbocycles. The SMILES string of the molecule is COC(=O)[C@H]1CN(C(=O)c2ccc(N(C)C)cc2)CCN1C(=O)c1cccs1. The second-order valence-corrected chi connectivity index (χ2v) is 7.65. The molecule has 0 bridgehead atoms. The second kappa shape index (κ2) is 8.43. The molecule has 0 unspecified atom stereocenters. The van der Waals surface area contributed by atoms with Gasteiger partial charge >= 0.3 is 5.97 Å². The van der Waals surface area contributed by atoms with Crippen LogP contribution in [0.4, 0.5) is 5.69 Å². The molecule has 8 heteroatoms. The van der Waals surface area contributed by atoms with E-state index in [9.17, 15) is 14.4 Å². The number of thiophene rings is 1. The maximum absolute atomic E-state index is 12.9. The zero-order valence-electron chi connectivity index (χ0n) is 16.1. The standard InChI is InChI=1S/C20H23N3O4S/c1-21(2)15-8-6-14(7-9-15)18(24)22-10-11-23(16(13-22)20(26)27-3)19(25)17-5-4-12-28-17/h4-9,12,16H,10-11,13H2,1-3H3/t16-/m1/s1. The lowest BCUT2D eigenvalue weighted by Crippen LogP contribution is -2.59. The van der Waals surface area contributed by atoms with Gasteiger partial charge in [0.25, 0.3) is 11.8 Å². The first-order valence-electron chi connectivity index (χ1n) is 8.91. The van der Waals surface area contributed by atoms with E-state index in [1.54, 1.807) is 29.2 Å². The molecule has 2 heterocycles. The molecule has 0 aliphatic carbocycles. The highest BCUT2D eigenvalue weighted by atomic mass is 32.1. The first kappa shape index (κ1) is 19.9. The minimum Gasteiger partial charge on any atom is -0.467 e. The van der Waals surface area contributed by atoms with Gasteiger partial charge in [0.05, 0.1) is 18.5 Å². The van der Waals surface area contributed by atoms with Gasteiger partial charge in [0.15, 0.2) is 0 Å². The summed E-state index contributed by atoms with van der Waals surface area (Å²) in [4.78, 5) is 43.6. The molecule has 3 rings (SSSR count). The van der Waals surface area contributed by atoms with Gasteiger partial charge in [0.2, 0.25) is 0 Å². The van der Waals surface area contributed by atoms with Crippen LogP contribution in [0, 0.1) is 0 Å². The molecule has 2 amide bonds. The van der Waals surface area contributed by atoms with E-state index in [1.165, 1.54) is 23.3 Å². The molecular weight excluding hydrogens is 378 g/mol. The van der Waals surface area contributed by atoms with Crippen LogP contribution >= 0.6 is 11.3 Å². The predicted molar refractivity (Wildman–Crippen MR) is 108 cm³/mol. The van der Waals surface area contributed by atoms with Gasteiger partial charge in [-0.25, -0.2) is 4.79 Å². The number of rotatable bonds is 4. The van der Waals surface area contributed by atoms with Gasteiger partial charge in [-0.1, -0.05) is 6.07 Å². The molecule has 0 radical (unpaired) electrons. The Morgan fingerprint density at radius 2 is 1.79 bits per heavy atom. The average molecular weight is 401 g/mol. The van der Waals surface area contributed by atoms with Crippen molar-refractivity contribution in [3.63, 3.8) is 0 Å². The molecular formula is C20H23N3O4S. The van der Waals surface area contributed by atoms with Crippen LogP contribution in [-0.4, -0.2) is 74.5 Å². The normalized spacial score (nSPS) is 16.6. The molecule has 28 heavy (non-hydrogen) atoms. The highest BCUT2D eigenvalue weighted by Gasteiger charge is 2.38. The summed E-state index contributed by atoms with van der Waals surface area (Å²) >= 11 is 1.33. The number of anilines is 1. The highest BCUT2D eigenvalue weighted by molar-refractivity contribution is 7.12. The van der Waals surface area contributed by atoms with Crippen molar-refractivity contribution in [1.82, 2.24) is 9.80 Å². The lowest BCUT2D eigenvalue weighted by molar-refractivity contribution is -0.147. The van der Waals surface area contributed by atoms with Crippen molar-refractivity contribution < 1.29 is 19.1 Å². The molecule has 148 valence electrons. The summed E-state index contributed by atoms with van der Waals surface area (Å²) in [6.07, 6.45) is 0. The number of piperazine rings is 1. The first-order valence-corrected chi connectivity index (χ1v) is 9.79. The molecule has 7 nitrogen and oxygen atoms in total. The number of ether oxygens (including phenoxy) is 1. The Hall–Kier alpha value is -2.87. The molecule has 1 aromatic heterocycles. The van der Waals surface area contributed by atoms with Crippen LogP contribution in [0.2, 0.25) is 0 Å². The third-order valence-electron chi connectivity index (χ3n) is 4.76. The molecule has 1 saturated heterocycles. The van der Waals surface area contributed by atoms with Gasteiger partial charge in [-0.15, -0.1) is 11.3 Å². The summed E-state index contributed by atoms with van der Waals surface area (Å²) in [6, 6.07) is 10.00. The Balaban J connectivity index is 1.77. The van der Waals surface area contributed by atoms with Crippen molar-refractivity contribution in [2.45, 2.75) is 6.04 Å². The van der Waals surface area contributed by atoms with E-state index in [2.05, 4.69) is 0 Å². The summed E-state index contributed by atoms with van der Waals surface area (Å²) in [5, 5.41) is 1.82. The van der Waals surface area contributed by atoms with Crippen molar-refractivity contribution in [3.05, 3.63) is 52.2 Å². The van der Waals surface area contributed by atoms with Crippen LogP contribution in [0.1, 0.15) is 20.0 Å². The van der Waals surface area contributed by atoms with Crippen molar-refractivity contribution in [2.75, 3.05) is 45.7 Å². The number of hydrogen-bond donors (Lipinski definition) is 0. The maximum Gasteiger partial charge on any atom is 0.330 e. The van der Waals surface area contributed by atoms with E-state index in [-0.39, 0.29) is 24.9 Å². The highest BCUT2D eigenvalue weighted by Crippen LogP contribution is 2.20. The number of hydrogen-bond acceptors (Lipinski definition) is 6. The van der Waals surface area contributed by atoms with Gasteiger partial charge < -0.3 is 19.4 Å². The summed E-state index contributed by atoms with van der Waals surface area (Å²) in [6.45, 7) is 0.745. The van der Waals surface area contributed by atoms with Gasteiger partial charge in [0.1, 0.15) is 6.04 Å². The molecule has 0 spiro atoms. The van der Waals surface area contributed by atoms with Crippen LogP contribution in [0.15, 0.2) is 41.8 Å². The average Bonchev–Trinajstić information content (AvgIpc) is 3.26. The van der Waals surface area contributed by atoms with E-state index in [1.807, 2.05) is 36.5 Å². The van der Waals surface area contributed by atoms with Crippen molar-refractivity contribution in [1.29, 1.82) is 0 Å². The van der Waals surface area contributed by atoms with Gasteiger partial charge in [-0.2, -0.15) is 0 Å². The molecule has 1 aliphatic rings. The Kier molecular flexibility index (Phi) is 5.99. The Labute approximate surface area is 168 Å². The van der Waals surface area contributed by atoms with E-state index < -0.39 is 12.0 Å². The minimum atomic E-state index is -0.821. The molecule has 0 N–H and O–H groups in total. The number of esters is 1. The van der Waals surface area contributed by atoms with Gasteiger partial charge in [0, 0.05) is 38.4 Å². The lowest BCUT2D eigenvalue weighted by Gasteiger charge is -2.39. The van der Waals surface area contributed by atoms with Crippen LogP contribution in [0.5, 0.6) is 0 Å². The number of methoxy groups -OCH3 is 1. The third-order valence-corrected chi connectivity index (χ3v) is 5.62. The summed E-state index contributed by atoms with van der Waals surface area (Å²) < 4.78 is 4.89. The number of benzene rings is 1. The van der Waals surface area contributed by atoms with Crippen LogP contribution in [0.3, 0.4) is 0 Å². The van der Waals surface area contributed by atoms with Crippen LogP contribution in [-0.2, 0) is 9.53 Å². The Morgan fingerprint density at radius 3 is 2.36 bits per heavy atom. The maximum atomic E-state index is 12.9. The first-order chi connectivity index (χ1) is 13.4. The van der Waals surface area contributed by atoms with E-state index >= 15 is 0 Å². The summed E-state index contributed by atoms with van der Waals surface area (Å²) in [5.41, 5.74) is 1.54. The molecule has 1 atom stereocenters. The van der Waals surface area contributed by atoms with Gasteiger partial charge in [-0.3, -0.25) is 9.59 Å². The lowest BCUT2D eigenvalue weighted by atomic mass is 10.1. The van der Waals surface area contributed by atoms with Gasteiger partial charge in [-0.05, 0) is 35.7 Å². The Morgan fingerprint density at radius 1 is 1.07 bits per heavy atom. The predicted octanol–water partition coefficient (Wildman–Crippen LogP) is 1.95. The molecule has 2 aromatic rings. The fraction of sp³-hybridized carbons (Fsp3) is 0.350. The number of carbonyl (C=O) groups excluding carboxylic acids is 3. The second-order valence-electron chi connectivity index (χ2n) is 6.71. The van der Waals surface area contributed by atoms with Crippen molar-refractivity contribution in [3.8, 4) is 0 Å². The molecule has 1 aliphatic heterocycles. The van der Waals surface area contributed by atoms with Crippen LogP contribution in [0.25, 0.3) is 0 Å².